The van der Waals surface area contributed by atoms with Crippen molar-refractivity contribution in [2.75, 3.05) is 36.4 Å². The van der Waals surface area contributed by atoms with Crippen LogP contribution in [0.15, 0.2) is 29.9 Å². The molecule has 0 amide bonds. The molecule has 142 valence electrons. The molecule has 2 N–H and O–H groups in total. The van der Waals surface area contributed by atoms with E-state index in [4.69, 9.17) is 0 Å². The molecule has 3 rings (SSSR count). The Labute approximate surface area is 153 Å². The van der Waals surface area contributed by atoms with Crippen molar-refractivity contribution in [1.82, 2.24) is 24.2 Å². The first-order valence-corrected chi connectivity index (χ1v) is 10.3. The van der Waals surface area contributed by atoms with Gasteiger partial charge >= 0.3 is 0 Å². The van der Waals surface area contributed by atoms with E-state index in [0.717, 1.165) is 18.9 Å². The standard InChI is InChI=1S/C16H25N7O2S/c1-13(2)23-10-16(20-12-23)26(24,25)21-6-5-17-14-9-15(19-11-18-14)22-7-3-4-8-22/h9-13,21H,3-8H2,1-2H3,(H,17,18,19). The van der Waals surface area contributed by atoms with Crippen LogP contribution in [0.5, 0.6) is 0 Å². The zero-order valence-electron chi connectivity index (χ0n) is 15.1. The molecule has 2 aromatic rings. The highest BCUT2D eigenvalue weighted by molar-refractivity contribution is 7.89. The molecule has 0 atom stereocenters. The van der Waals surface area contributed by atoms with Crippen LogP contribution >= 0.6 is 0 Å². The third-order valence-corrected chi connectivity index (χ3v) is 5.60. The second-order valence-corrected chi connectivity index (χ2v) is 8.25. The summed E-state index contributed by atoms with van der Waals surface area (Å²) in [5, 5.41) is 3.16. The predicted octanol–water partition coefficient (Wildman–Crippen LogP) is 1.24. The van der Waals surface area contributed by atoms with E-state index < -0.39 is 10.0 Å². The van der Waals surface area contributed by atoms with Crippen LogP contribution in [0.3, 0.4) is 0 Å². The lowest BCUT2D eigenvalue weighted by Crippen LogP contribution is -2.29. The molecule has 26 heavy (non-hydrogen) atoms. The molecule has 1 fully saturated rings. The van der Waals surface area contributed by atoms with Crippen molar-refractivity contribution in [2.45, 2.75) is 37.8 Å². The minimum atomic E-state index is -3.61. The molecule has 0 aliphatic carbocycles. The lowest BCUT2D eigenvalue weighted by molar-refractivity contribution is 0.577. The monoisotopic (exact) mass is 379 g/mol. The molecular formula is C16H25N7O2S. The molecule has 0 radical (unpaired) electrons. The molecule has 0 bridgehead atoms. The van der Waals surface area contributed by atoms with Crippen LogP contribution in [-0.4, -0.2) is 54.1 Å². The van der Waals surface area contributed by atoms with Gasteiger partial charge in [0.1, 0.15) is 18.0 Å². The molecule has 1 saturated heterocycles. The zero-order valence-corrected chi connectivity index (χ0v) is 15.9. The first kappa shape index (κ1) is 18.6. The molecule has 1 aliphatic rings. The van der Waals surface area contributed by atoms with Crippen molar-refractivity contribution in [3.05, 3.63) is 24.9 Å². The number of anilines is 2. The summed E-state index contributed by atoms with van der Waals surface area (Å²) < 4.78 is 28.8. The maximum atomic E-state index is 12.3. The van der Waals surface area contributed by atoms with Gasteiger partial charge in [0.15, 0.2) is 5.03 Å². The Morgan fingerprint density at radius 2 is 1.92 bits per heavy atom. The van der Waals surface area contributed by atoms with Crippen LogP contribution in [0, 0.1) is 0 Å². The Bertz CT molecular complexity index is 829. The van der Waals surface area contributed by atoms with Crippen LogP contribution in [0.4, 0.5) is 11.6 Å². The normalized spacial score (nSPS) is 15.0. The van der Waals surface area contributed by atoms with Gasteiger partial charge in [0, 0.05) is 44.5 Å². The maximum absolute atomic E-state index is 12.3. The van der Waals surface area contributed by atoms with Crippen molar-refractivity contribution in [3.63, 3.8) is 0 Å². The lowest BCUT2D eigenvalue weighted by atomic mass is 10.4. The van der Waals surface area contributed by atoms with Crippen LogP contribution in [0.25, 0.3) is 0 Å². The van der Waals surface area contributed by atoms with Crippen molar-refractivity contribution in [3.8, 4) is 0 Å². The van der Waals surface area contributed by atoms with E-state index in [-0.39, 0.29) is 17.6 Å². The van der Waals surface area contributed by atoms with Crippen molar-refractivity contribution in [2.24, 2.45) is 0 Å². The van der Waals surface area contributed by atoms with Crippen LogP contribution < -0.4 is 14.9 Å². The molecular weight excluding hydrogens is 354 g/mol. The molecule has 0 unspecified atom stereocenters. The maximum Gasteiger partial charge on any atom is 0.259 e. The van der Waals surface area contributed by atoms with Gasteiger partial charge in [0.2, 0.25) is 0 Å². The number of imidazole rings is 1. The fourth-order valence-electron chi connectivity index (χ4n) is 2.75. The number of sulfonamides is 1. The number of aromatic nitrogens is 4. The molecule has 0 saturated carbocycles. The van der Waals surface area contributed by atoms with Gasteiger partial charge in [0.05, 0.1) is 6.33 Å². The highest BCUT2D eigenvalue weighted by Gasteiger charge is 2.17. The van der Waals surface area contributed by atoms with E-state index in [0.29, 0.717) is 12.4 Å². The van der Waals surface area contributed by atoms with Gasteiger partial charge in [0.25, 0.3) is 10.0 Å². The fraction of sp³-hybridized carbons (Fsp3) is 0.562. The zero-order chi connectivity index (χ0) is 18.6. The Hall–Kier alpha value is -2.20. The highest BCUT2D eigenvalue weighted by atomic mass is 32.2. The second kappa shape index (κ2) is 8.00. The summed E-state index contributed by atoms with van der Waals surface area (Å²) in [5.74, 6) is 1.59. The van der Waals surface area contributed by atoms with E-state index >= 15 is 0 Å². The Balaban J connectivity index is 1.51. The van der Waals surface area contributed by atoms with Crippen molar-refractivity contribution < 1.29 is 8.42 Å². The fourth-order valence-corrected chi connectivity index (χ4v) is 3.72. The summed E-state index contributed by atoms with van der Waals surface area (Å²) >= 11 is 0. The molecule has 0 spiro atoms. The minimum absolute atomic E-state index is 0.0320. The summed E-state index contributed by atoms with van der Waals surface area (Å²) in [6.07, 6.45) is 6.95. The summed E-state index contributed by atoms with van der Waals surface area (Å²) in [7, 11) is -3.61. The lowest BCUT2D eigenvalue weighted by Gasteiger charge is -2.16. The van der Waals surface area contributed by atoms with E-state index in [1.807, 2.05) is 19.9 Å². The number of hydrogen-bond acceptors (Lipinski definition) is 7. The molecule has 3 heterocycles. The Morgan fingerprint density at radius 1 is 1.15 bits per heavy atom. The number of nitrogens with zero attached hydrogens (tertiary/aromatic N) is 5. The van der Waals surface area contributed by atoms with Crippen molar-refractivity contribution in [1.29, 1.82) is 0 Å². The van der Waals surface area contributed by atoms with Crippen molar-refractivity contribution >= 4 is 21.7 Å². The molecule has 9 nitrogen and oxygen atoms in total. The highest BCUT2D eigenvalue weighted by Crippen LogP contribution is 2.19. The smallest absolute Gasteiger partial charge is 0.259 e. The van der Waals surface area contributed by atoms with Gasteiger partial charge in [-0.1, -0.05) is 0 Å². The van der Waals surface area contributed by atoms with E-state index in [2.05, 4.69) is 29.9 Å². The molecule has 0 aromatic carbocycles. The predicted molar refractivity (Wildman–Crippen MR) is 99.8 cm³/mol. The summed E-state index contributed by atoms with van der Waals surface area (Å²) in [5.41, 5.74) is 0. The minimum Gasteiger partial charge on any atom is -0.369 e. The SMILES string of the molecule is CC(C)n1cnc(S(=O)(=O)NCCNc2cc(N3CCCC3)ncn2)c1. The van der Waals surface area contributed by atoms with Gasteiger partial charge in [-0.3, -0.25) is 0 Å². The van der Waals surface area contributed by atoms with E-state index in [1.54, 1.807) is 4.57 Å². The van der Waals surface area contributed by atoms with E-state index in [1.165, 1.54) is 31.7 Å². The van der Waals surface area contributed by atoms with E-state index in [9.17, 15) is 8.42 Å². The van der Waals surface area contributed by atoms with Gasteiger partial charge < -0.3 is 14.8 Å². The molecule has 10 heteroatoms. The summed E-state index contributed by atoms with van der Waals surface area (Å²) in [4.78, 5) is 14.7. The topological polar surface area (TPSA) is 105 Å². The quantitative estimate of drug-likeness (QED) is 0.665. The average molecular weight is 379 g/mol. The third-order valence-electron chi connectivity index (χ3n) is 4.26. The average Bonchev–Trinajstić information content (AvgIpc) is 3.30. The van der Waals surface area contributed by atoms with Gasteiger partial charge in [-0.25, -0.2) is 28.1 Å². The first-order valence-electron chi connectivity index (χ1n) is 8.80. The first-order chi connectivity index (χ1) is 12.5. The van der Waals surface area contributed by atoms with Gasteiger partial charge in [-0.15, -0.1) is 0 Å². The van der Waals surface area contributed by atoms with Crippen LogP contribution in [0.1, 0.15) is 32.7 Å². The largest absolute Gasteiger partial charge is 0.369 e. The third kappa shape index (κ3) is 4.50. The van der Waals surface area contributed by atoms with Crippen LogP contribution in [-0.2, 0) is 10.0 Å². The second-order valence-electron chi connectivity index (χ2n) is 6.53. The van der Waals surface area contributed by atoms with Crippen LogP contribution in [0.2, 0.25) is 0 Å². The Kier molecular flexibility index (Phi) is 5.72. The number of rotatable bonds is 8. The number of nitrogens with one attached hydrogen (secondary N) is 2. The summed E-state index contributed by atoms with van der Waals surface area (Å²) in [6.45, 7) is 6.61. The van der Waals surface area contributed by atoms with Gasteiger partial charge in [-0.05, 0) is 26.7 Å². The number of hydrogen-bond donors (Lipinski definition) is 2. The van der Waals surface area contributed by atoms with Gasteiger partial charge in [-0.2, -0.15) is 0 Å². The molecule has 1 aliphatic heterocycles. The summed E-state index contributed by atoms with van der Waals surface area (Å²) in [6, 6.07) is 2.06. The Morgan fingerprint density at radius 3 is 2.62 bits per heavy atom. The molecule has 2 aromatic heterocycles.